The first-order valence-corrected chi connectivity index (χ1v) is 3.59. The molecule has 0 aliphatic carbocycles. The van der Waals surface area contributed by atoms with Gasteiger partial charge in [-0.1, -0.05) is 0 Å². The van der Waals surface area contributed by atoms with Crippen LogP contribution in [0, 0.1) is 5.21 Å². The van der Waals surface area contributed by atoms with E-state index in [-0.39, 0.29) is 18.0 Å². The maximum Gasteiger partial charge on any atom is 0.332 e. The minimum Gasteiger partial charge on any atom is -0.634 e. The molecule has 0 bridgehead atoms. The number of hydrogen-bond donors (Lipinski definition) is 4. The summed E-state index contributed by atoms with van der Waals surface area (Å²) in [5.41, 5.74) is 5.37. The summed E-state index contributed by atoms with van der Waals surface area (Å²) in [6.07, 6.45) is -1.56. The lowest BCUT2D eigenvalue weighted by atomic mass is 10.1. The number of hydroxylamine groups is 2. The molecule has 0 fully saturated rings. The van der Waals surface area contributed by atoms with E-state index in [9.17, 15) is 10.0 Å². The van der Waals surface area contributed by atoms with E-state index in [1.807, 2.05) is 0 Å². The Morgan fingerprint density at radius 1 is 1.75 bits per heavy atom. The average molecular weight is 178 g/mol. The molecule has 0 aliphatic rings. The van der Waals surface area contributed by atoms with Crippen LogP contribution in [-0.4, -0.2) is 41.9 Å². The molecule has 5 N–H and O–H groups in total. The summed E-state index contributed by atoms with van der Waals surface area (Å²) < 4.78 is 0. The van der Waals surface area contributed by atoms with Gasteiger partial charge < -0.3 is 26.2 Å². The normalized spacial score (nSPS) is 18.3. The van der Waals surface area contributed by atoms with Crippen LogP contribution in [0.25, 0.3) is 0 Å². The van der Waals surface area contributed by atoms with Crippen molar-refractivity contribution in [1.29, 1.82) is 0 Å². The van der Waals surface area contributed by atoms with Crippen LogP contribution in [0.2, 0.25) is 0 Å². The second kappa shape index (κ2) is 5.04. The molecule has 0 aromatic rings. The first-order valence-electron chi connectivity index (χ1n) is 3.59. The zero-order chi connectivity index (χ0) is 9.72. The zero-order valence-corrected chi connectivity index (χ0v) is 6.86. The van der Waals surface area contributed by atoms with Crippen LogP contribution < -0.4 is 10.8 Å². The number of aliphatic hydroxyl groups is 1. The molecule has 0 spiro atoms. The third-order valence-corrected chi connectivity index (χ3v) is 1.36. The molecule has 0 amide bonds. The summed E-state index contributed by atoms with van der Waals surface area (Å²) in [5.74, 6) is -1.31. The Kier molecular flexibility index (Phi) is 4.75. The number of likely N-dealkylation sites (N-methyl/N-ethyl adjacent to an activating group) is 1. The minimum absolute atomic E-state index is 0.0884. The van der Waals surface area contributed by atoms with E-state index in [0.29, 0.717) is 0 Å². The van der Waals surface area contributed by atoms with E-state index >= 15 is 0 Å². The molecule has 0 rings (SSSR count). The molecule has 0 radical (unpaired) electrons. The van der Waals surface area contributed by atoms with Gasteiger partial charge in [-0.05, 0) is 0 Å². The average Bonchev–Trinajstić information content (AvgIpc) is 1.84. The van der Waals surface area contributed by atoms with Crippen molar-refractivity contribution >= 4 is 5.97 Å². The molecule has 3 atom stereocenters. The molecule has 0 saturated carbocycles. The quantitative estimate of drug-likeness (QED) is 0.339. The standard InChI is InChI=1S/C6H14N2O4/c1-8(12)3-4(7)2-5(9)6(10)11/h4-5,8-9H,2-3,7H2,1H3,(H,10,11)/t4-,5?/m0/s1. The highest BCUT2D eigenvalue weighted by Gasteiger charge is 2.18. The van der Waals surface area contributed by atoms with Crippen molar-refractivity contribution in [3.05, 3.63) is 5.21 Å². The fourth-order valence-electron chi connectivity index (χ4n) is 0.840. The van der Waals surface area contributed by atoms with Gasteiger partial charge in [0.15, 0.2) is 6.10 Å². The predicted molar refractivity (Wildman–Crippen MR) is 41.4 cm³/mol. The molecule has 6 nitrogen and oxygen atoms in total. The maximum absolute atomic E-state index is 10.5. The third kappa shape index (κ3) is 5.03. The molecular weight excluding hydrogens is 164 g/mol. The Morgan fingerprint density at radius 2 is 2.25 bits per heavy atom. The predicted octanol–water partition coefficient (Wildman–Crippen LogP) is -2.84. The van der Waals surface area contributed by atoms with Gasteiger partial charge in [-0.25, -0.2) is 4.79 Å². The summed E-state index contributed by atoms with van der Waals surface area (Å²) in [6, 6.07) is -0.575. The van der Waals surface area contributed by atoms with Crippen molar-refractivity contribution in [2.75, 3.05) is 13.6 Å². The van der Waals surface area contributed by atoms with Crippen LogP contribution in [-0.2, 0) is 4.79 Å². The number of aliphatic hydroxyl groups excluding tert-OH is 1. The Labute approximate surface area is 70.2 Å². The highest BCUT2D eigenvalue weighted by Crippen LogP contribution is 1.93. The van der Waals surface area contributed by atoms with E-state index in [1.165, 1.54) is 7.05 Å². The maximum atomic E-state index is 10.5. The van der Waals surface area contributed by atoms with Crippen LogP contribution in [0.5, 0.6) is 0 Å². The highest BCUT2D eigenvalue weighted by molar-refractivity contribution is 5.71. The van der Waals surface area contributed by atoms with Crippen LogP contribution in [0.4, 0.5) is 0 Å². The monoisotopic (exact) mass is 178 g/mol. The van der Waals surface area contributed by atoms with E-state index in [0.717, 1.165) is 0 Å². The van der Waals surface area contributed by atoms with Gasteiger partial charge in [0.1, 0.15) is 0 Å². The van der Waals surface area contributed by atoms with Gasteiger partial charge in [0.05, 0.1) is 19.6 Å². The molecular formula is C6H14N2O4. The van der Waals surface area contributed by atoms with E-state index < -0.39 is 18.1 Å². The number of hydrogen-bond acceptors (Lipinski definition) is 4. The Morgan fingerprint density at radius 3 is 2.58 bits per heavy atom. The van der Waals surface area contributed by atoms with Gasteiger partial charge in [0, 0.05) is 6.42 Å². The first kappa shape index (κ1) is 11.3. The number of carboxylic acids is 1. The zero-order valence-electron chi connectivity index (χ0n) is 6.86. The molecule has 12 heavy (non-hydrogen) atoms. The second-order valence-corrected chi connectivity index (χ2v) is 2.76. The van der Waals surface area contributed by atoms with Crippen LogP contribution in [0.3, 0.4) is 0 Å². The van der Waals surface area contributed by atoms with Crippen molar-refractivity contribution in [3.8, 4) is 0 Å². The molecule has 2 unspecified atom stereocenters. The Hall–Kier alpha value is -0.690. The molecule has 0 aromatic carbocycles. The Bertz CT molecular complexity index is 150. The largest absolute Gasteiger partial charge is 0.634 e. The SMILES string of the molecule is C[NH+]([O-])C[C@@H](N)CC(O)C(=O)O. The highest BCUT2D eigenvalue weighted by atomic mass is 16.5. The molecule has 0 heterocycles. The van der Waals surface area contributed by atoms with Crippen molar-refractivity contribution < 1.29 is 20.1 Å². The van der Waals surface area contributed by atoms with Crippen LogP contribution in [0.1, 0.15) is 6.42 Å². The van der Waals surface area contributed by atoms with Gasteiger partial charge in [-0.2, -0.15) is 0 Å². The van der Waals surface area contributed by atoms with E-state index in [4.69, 9.17) is 15.9 Å². The van der Waals surface area contributed by atoms with Gasteiger partial charge in [0.2, 0.25) is 0 Å². The summed E-state index contributed by atoms with van der Waals surface area (Å²) >= 11 is 0. The summed E-state index contributed by atoms with van der Waals surface area (Å²) in [5, 5.41) is 27.5. The van der Waals surface area contributed by atoms with Crippen LogP contribution >= 0.6 is 0 Å². The first-order chi connectivity index (χ1) is 5.43. The third-order valence-electron chi connectivity index (χ3n) is 1.36. The molecule has 0 aromatic heterocycles. The van der Waals surface area contributed by atoms with Gasteiger partial charge in [-0.15, -0.1) is 0 Å². The van der Waals surface area contributed by atoms with E-state index in [1.54, 1.807) is 0 Å². The lowest BCUT2D eigenvalue weighted by molar-refractivity contribution is -0.826. The molecule has 0 saturated heterocycles. The van der Waals surface area contributed by atoms with Gasteiger partial charge in [-0.3, -0.25) is 0 Å². The summed E-state index contributed by atoms with van der Waals surface area (Å²) in [6.45, 7) is 0.102. The summed E-state index contributed by atoms with van der Waals surface area (Å²) in [4.78, 5) is 10.1. The van der Waals surface area contributed by atoms with Crippen molar-refractivity contribution in [2.45, 2.75) is 18.6 Å². The molecule has 0 aliphatic heterocycles. The minimum atomic E-state index is -1.47. The number of nitrogens with two attached hydrogens (primary N) is 1. The molecule has 72 valence electrons. The number of nitrogens with one attached hydrogen (secondary N) is 1. The lowest BCUT2D eigenvalue weighted by Gasteiger charge is -2.21. The van der Waals surface area contributed by atoms with Gasteiger partial charge in [0.25, 0.3) is 0 Å². The fraction of sp³-hybridized carbons (Fsp3) is 0.833. The number of aliphatic carboxylic acids is 1. The lowest BCUT2D eigenvalue weighted by Crippen LogP contribution is -3.05. The number of carboxylic acid groups (broad SMARTS) is 1. The summed E-state index contributed by atoms with van der Waals surface area (Å²) in [7, 11) is 1.37. The van der Waals surface area contributed by atoms with Gasteiger partial charge >= 0.3 is 5.97 Å². The van der Waals surface area contributed by atoms with Crippen molar-refractivity contribution in [3.63, 3.8) is 0 Å². The smallest absolute Gasteiger partial charge is 0.332 e. The van der Waals surface area contributed by atoms with Crippen LogP contribution in [0.15, 0.2) is 0 Å². The number of carbonyl (C=O) groups is 1. The van der Waals surface area contributed by atoms with E-state index in [2.05, 4.69) is 0 Å². The van der Waals surface area contributed by atoms with Crippen molar-refractivity contribution in [2.24, 2.45) is 5.73 Å². The number of quaternary nitrogens is 1. The topological polar surface area (TPSA) is 111 Å². The number of rotatable bonds is 5. The fourth-order valence-corrected chi connectivity index (χ4v) is 0.840. The molecule has 6 heteroatoms. The second-order valence-electron chi connectivity index (χ2n) is 2.76. The Balaban J connectivity index is 3.68. The van der Waals surface area contributed by atoms with Crippen molar-refractivity contribution in [1.82, 2.24) is 0 Å².